The van der Waals surface area contributed by atoms with Crippen molar-refractivity contribution in [3.05, 3.63) is 106 Å². The van der Waals surface area contributed by atoms with Crippen molar-refractivity contribution in [1.29, 1.82) is 5.26 Å². The van der Waals surface area contributed by atoms with Gasteiger partial charge in [-0.05, 0) is 48.9 Å². The molecule has 1 aliphatic heterocycles. The molecule has 3 atom stereocenters. The molecule has 1 unspecified atom stereocenters. The molecule has 11 heteroatoms. The SMILES string of the molecule is CCN1CC[C@@H](n2cc(C(Nc3cc(Cl)c4ncc(C#N)c(Nc5cccc(Cl)c5)c4c3)c3ccccc3)nn2)[C@H](O)C1. The van der Waals surface area contributed by atoms with Gasteiger partial charge in [0.05, 0.1) is 46.2 Å². The molecule has 2 aromatic heterocycles. The van der Waals surface area contributed by atoms with Gasteiger partial charge in [0.15, 0.2) is 0 Å². The maximum Gasteiger partial charge on any atom is 0.109 e. The maximum atomic E-state index is 10.8. The van der Waals surface area contributed by atoms with Crippen LogP contribution >= 0.6 is 23.2 Å². The van der Waals surface area contributed by atoms with Crippen molar-refractivity contribution in [3.63, 3.8) is 0 Å². The number of rotatable bonds is 8. The monoisotopic (exact) mass is 612 g/mol. The summed E-state index contributed by atoms with van der Waals surface area (Å²) in [7, 11) is 0. The third-order valence-corrected chi connectivity index (χ3v) is 8.35. The summed E-state index contributed by atoms with van der Waals surface area (Å²) < 4.78 is 1.79. The van der Waals surface area contributed by atoms with Crippen molar-refractivity contribution in [2.75, 3.05) is 30.3 Å². The summed E-state index contributed by atoms with van der Waals surface area (Å²) in [4.78, 5) is 6.72. The smallest absolute Gasteiger partial charge is 0.109 e. The van der Waals surface area contributed by atoms with Crippen LogP contribution in [0, 0.1) is 11.3 Å². The van der Waals surface area contributed by atoms with E-state index in [2.05, 4.69) is 43.8 Å². The van der Waals surface area contributed by atoms with Gasteiger partial charge >= 0.3 is 0 Å². The molecule has 0 radical (unpaired) electrons. The number of aliphatic hydroxyl groups is 1. The number of aliphatic hydroxyl groups excluding tert-OH is 1. The Labute approximate surface area is 259 Å². The molecular formula is C32H30Cl2N8O. The fraction of sp³-hybridized carbons (Fsp3) is 0.250. The fourth-order valence-corrected chi connectivity index (χ4v) is 6.04. The van der Waals surface area contributed by atoms with E-state index in [-0.39, 0.29) is 12.1 Å². The van der Waals surface area contributed by atoms with E-state index in [1.807, 2.05) is 60.8 Å². The van der Waals surface area contributed by atoms with E-state index < -0.39 is 6.10 Å². The number of aromatic nitrogens is 4. The summed E-state index contributed by atoms with van der Waals surface area (Å²) >= 11 is 13.0. The van der Waals surface area contributed by atoms with Gasteiger partial charge in [0.1, 0.15) is 11.8 Å². The molecule has 43 heavy (non-hydrogen) atoms. The van der Waals surface area contributed by atoms with Gasteiger partial charge in [0, 0.05) is 41.1 Å². The van der Waals surface area contributed by atoms with Crippen LogP contribution in [0.3, 0.4) is 0 Å². The second-order valence-corrected chi connectivity index (χ2v) is 11.4. The highest BCUT2D eigenvalue weighted by molar-refractivity contribution is 6.36. The molecule has 3 N–H and O–H groups in total. The van der Waals surface area contributed by atoms with Crippen molar-refractivity contribution in [2.45, 2.75) is 31.5 Å². The quantitative estimate of drug-likeness (QED) is 0.180. The summed E-state index contributed by atoms with van der Waals surface area (Å²) in [6, 6.07) is 22.7. The minimum absolute atomic E-state index is 0.147. The number of pyridine rings is 1. The number of likely N-dealkylation sites (tertiary alicyclic amines) is 1. The van der Waals surface area contributed by atoms with Gasteiger partial charge in [-0.15, -0.1) is 5.10 Å². The minimum Gasteiger partial charge on any atom is -0.390 e. The van der Waals surface area contributed by atoms with E-state index in [9.17, 15) is 10.4 Å². The van der Waals surface area contributed by atoms with Crippen molar-refractivity contribution >= 4 is 51.2 Å². The first-order chi connectivity index (χ1) is 20.9. The first kappa shape index (κ1) is 28.9. The lowest BCUT2D eigenvalue weighted by Crippen LogP contribution is -2.44. The van der Waals surface area contributed by atoms with Crippen molar-refractivity contribution in [3.8, 4) is 6.07 Å². The molecule has 5 aromatic rings. The van der Waals surface area contributed by atoms with Crippen LogP contribution in [0.5, 0.6) is 0 Å². The second kappa shape index (κ2) is 12.6. The van der Waals surface area contributed by atoms with Gasteiger partial charge in [0.25, 0.3) is 0 Å². The first-order valence-corrected chi connectivity index (χ1v) is 14.9. The summed E-state index contributed by atoms with van der Waals surface area (Å²) in [6.07, 6.45) is 3.68. The Balaban J connectivity index is 1.38. The molecule has 1 saturated heterocycles. The van der Waals surface area contributed by atoms with Gasteiger partial charge in [-0.1, -0.05) is 71.7 Å². The Hall–Kier alpha value is -4.20. The molecule has 218 valence electrons. The average molecular weight is 614 g/mol. The second-order valence-electron chi connectivity index (χ2n) is 10.6. The van der Waals surface area contributed by atoms with Crippen LogP contribution in [0.15, 0.2) is 79.1 Å². The molecule has 9 nitrogen and oxygen atoms in total. The number of benzene rings is 3. The first-order valence-electron chi connectivity index (χ1n) is 14.1. The van der Waals surface area contributed by atoms with Gasteiger partial charge < -0.3 is 20.6 Å². The summed E-state index contributed by atoms with van der Waals surface area (Å²) in [5, 5.41) is 38.4. The van der Waals surface area contributed by atoms with Crippen LogP contribution in [0.25, 0.3) is 10.9 Å². The lowest BCUT2D eigenvalue weighted by Gasteiger charge is -2.35. The summed E-state index contributed by atoms with van der Waals surface area (Å²) in [5.41, 5.74) is 4.64. The van der Waals surface area contributed by atoms with Crippen LogP contribution in [0.4, 0.5) is 17.1 Å². The Bertz CT molecular complexity index is 1790. The van der Waals surface area contributed by atoms with Crippen LogP contribution in [-0.4, -0.2) is 55.7 Å². The standard InChI is InChI=1S/C32H30Cl2N8O/c1-2-41-12-11-28(29(43)19-41)42-18-27(39-40-42)31(20-7-4-3-5-8-20)38-24-14-25-30(37-23-10-6-9-22(33)13-23)21(16-35)17-36-32(25)26(34)15-24/h3-10,13-15,17-18,28-29,31,38,43H,2,11-12,19H2,1H3,(H,36,37)/t28-,29-,31?/m1/s1. The highest BCUT2D eigenvalue weighted by atomic mass is 35.5. The maximum absolute atomic E-state index is 10.8. The summed E-state index contributed by atoms with van der Waals surface area (Å²) in [5.74, 6) is 0. The van der Waals surface area contributed by atoms with E-state index in [0.717, 1.165) is 30.8 Å². The van der Waals surface area contributed by atoms with E-state index in [0.29, 0.717) is 50.1 Å². The molecule has 3 heterocycles. The highest BCUT2D eigenvalue weighted by Crippen LogP contribution is 2.37. The number of β-amino-alcohol motifs (C(OH)–C–C–N with tert-alkyl or cyclic N) is 1. The Morgan fingerprint density at radius 3 is 2.67 bits per heavy atom. The van der Waals surface area contributed by atoms with Crippen LogP contribution in [0.1, 0.15) is 42.2 Å². The zero-order chi connectivity index (χ0) is 29.9. The number of halogens is 2. The number of hydrogen-bond acceptors (Lipinski definition) is 8. The average Bonchev–Trinajstić information content (AvgIpc) is 3.50. The molecule has 0 saturated carbocycles. The molecule has 6 rings (SSSR count). The minimum atomic E-state index is -0.530. The van der Waals surface area contributed by atoms with E-state index >= 15 is 0 Å². The lowest BCUT2D eigenvalue weighted by molar-refractivity contribution is 0.0242. The van der Waals surface area contributed by atoms with Crippen LogP contribution in [-0.2, 0) is 0 Å². The third kappa shape index (κ3) is 6.14. The number of nitrogens with zero attached hydrogens (tertiary/aromatic N) is 6. The number of hydrogen-bond donors (Lipinski definition) is 3. The predicted octanol–water partition coefficient (Wildman–Crippen LogP) is 6.58. The number of fused-ring (bicyclic) bond motifs is 1. The highest BCUT2D eigenvalue weighted by Gasteiger charge is 2.30. The third-order valence-electron chi connectivity index (χ3n) is 7.82. The lowest BCUT2D eigenvalue weighted by atomic mass is 10.0. The normalized spacial score (nSPS) is 17.8. The van der Waals surface area contributed by atoms with Gasteiger partial charge in [0.2, 0.25) is 0 Å². The van der Waals surface area contributed by atoms with Crippen molar-refractivity contribution < 1.29 is 5.11 Å². The van der Waals surface area contributed by atoms with E-state index in [4.69, 9.17) is 23.2 Å². The Kier molecular flexibility index (Phi) is 8.45. The van der Waals surface area contributed by atoms with Crippen LogP contribution < -0.4 is 10.6 Å². The largest absolute Gasteiger partial charge is 0.390 e. The van der Waals surface area contributed by atoms with Gasteiger partial charge in [-0.25, -0.2) is 4.68 Å². The molecule has 1 aliphatic rings. The molecule has 1 fully saturated rings. The number of anilines is 3. The zero-order valence-electron chi connectivity index (χ0n) is 23.5. The molecule has 0 aliphatic carbocycles. The summed E-state index contributed by atoms with van der Waals surface area (Å²) in [6.45, 7) is 4.51. The number of nitrogens with one attached hydrogen (secondary N) is 2. The molecule has 3 aromatic carbocycles. The molecule has 0 spiro atoms. The number of piperidine rings is 1. The van der Waals surface area contributed by atoms with E-state index in [1.165, 1.54) is 6.20 Å². The van der Waals surface area contributed by atoms with Crippen molar-refractivity contribution in [1.82, 2.24) is 24.9 Å². The number of likely N-dealkylation sites (N-methyl/N-ethyl adjacent to an activating group) is 1. The van der Waals surface area contributed by atoms with Crippen LogP contribution in [0.2, 0.25) is 10.0 Å². The van der Waals surface area contributed by atoms with Crippen molar-refractivity contribution in [2.24, 2.45) is 0 Å². The zero-order valence-corrected chi connectivity index (χ0v) is 25.0. The topological polar surface area (TPSA) is 115 Å². The molecule has 0 bridgehead atoms. The Morgan fingerprint density at radius 2 is 1.93 bits per heavy atom. The predicted molar refractivity (Wildman–Crippen MR) is 170 cm³/mol. The van der Waals surface area contributed by atoms with E-state index in [1.54, 1.807) is 16.8 Å². The molecular weight excluding hydrogens is 583 g/mol. The number of nitriles is 1. The van der Waals surface area contributed by atoms with Gasteiger partial charge in [-0.2, -0.15) is 5.26 Å². The fourth-order valence-electron chi connectivity index (χ4n) is 5.58. The molecule has 0 amide bonds. The Morgan fingerprint density at radius 1 is 1.09 bits per heavy atom. The van der Waals surface area contributed by atoms with Gasteiger partial charge in [-0.3, -0.25) is 4.98 Å².